The molecule has 26 heavy (non-hydrogen) atoms. The van der Waals surface area contributed by atoms with Crippen LogP contribution in [0.25, 0.3) is 0 Å². The largest absolute Gasteiger partial charge is 0.495 e. The second-order valence-electron chi connectivity index (χ2n) is 5.37. The van der Waals surface area contributed by atoms with Gasteiger partial charge in [0.25, 0.3) is 5.91 Å². The van der Waals surface area contributed by atoms with Crippen LogP contribution >= 0.6 is 11.6 Å². The molecule has 0 radical (unpaired) electrons. The number of hydrogen-bond donors (Lipinski definition) is 2. The zero-order chi connectivity index (χ0) is 19.1. The number of amides is 2. The molecule has 0 saturated carbocycles. The molecular weight excluding hydrogens is 361 g/mol. The van der Waals surface area contributed by atoms with E-state index in [0.717, 1.165) is 6.07 Å². The molecule has 2 amide bonds. The van der Waals surface area contributed by atoms with Gasteiger partial charge in [-0.2, -0.15) is 5.10 Å². The van der Waals surface area contributed by atoms with Crippen LogP contribution in [0.2, 0.25) is 5.02 Å². The number of ether oxygens (including phenoxy) is 1. The molecular formula is C18H17ClFN3O3. The van der Waals surface area contributed by atoms with E-state index >= 15 is 0 Å². The van der Waals surface area contributed by atoms with Crippen LogP contribution in [0.5, 0.6) is 5.75 Å². The van der Waals surface area contributed by atoms with E-state index in [1.165, 1.54) is 25.3 Å². The number of benzene rings is 2. The number of carbonyl (C=O) groups excluding carboxylic acids is 2. The molecule has 0 spiro atoms. The predicted molar refractivity (Wildman–Crippen MR) is 98.2 cm³/mol. The minimum atomic E-state index is -0.564. The molecule has 0 fully saturated rings. The average Bonchev–Trinajstić information content (AvgIpc) is 2.59. The molecule has 0 aliphatic rings. The summed E-state index contributed by atoms with van der Waals surface area (Å²) in [4.78, 5) is 23.9. The number of hydrazone groups is 1. The lowest BCUT2D eigenvalue weighted by molar-refractivity contribution is -0.115. The van der Waals surface area contributed by atoms with Crippen LogP contribution in [0.15, 0.2) is 47.6 Å². The van der Waals surface area contributed by atoms with Crippen LogP contribution < -0.4 is 15.5 Å². The summed E-state index contributed by atoms with van der Waals surface area (Å²) in [6.45, 7) is 1.59. The van der Waals surface area contributed by atoms with E-state index < -0.39 is 11.7 Å². The fourth-order valence-corrected chi connectivity index (χ4v) is 2.32. The maximum Gasteiger partial charge on any atom is 0.271 e. The van der Waals surface area contributed by atoms with Gasteiger partial charge in [0.15, 0.2) is 0 Å². The summed E-state index contributed by atoms with van der Waals surface area (Å²) in [6, 6.07) is 10.1. The van der Waals surface area contributed by atoms with E-state index in [4.69, 9.17) is 16.3 Å². The molecule has 0 aliphatic carbocycles. The highest BCUT2D eigenvalue weighted by molar-refractivity contribution is 6.32. The monoisotopic (exact) mass is 377 g/mol. The molecule has 136 valence electrons. The Morgan fingerprint density at radius 3 is 2.65 bits per heavy atom. The highest BCUT2D eigenvalue weighted by Gasteiger charge is 2.09. The van der Waals surface area contributed by atoms with Gasteiger partial charge in [-0.1, -0.05) is 17.7 Å². The zero-order valence-electron chi connectivity index (χ0n) is 14.2. The van der Waals surface area contributed by atoms with E-state index in [9.17, 15) is 14.0 Å². The fourth-order valence-electron chi connectivity index (χ4n) is 2.06. The highest BCUT2D eigenvalue weighted by atomic mass is 35.5. The summed E-state index contributed by atoms with van der Waals surface area (Å²) in [7, 11) is 1.50. The number of carbonyl (C=O) groups is 2. The van der Waals surface area contributed by atoms with Gasteiger partial charge in [-0.25, -0.2) is 9.82 Å². The van der Waals surface area contributed by atoms with Gasteiger partial charge in [-0.05, 0) is 43.3 Å². The van der Waals surface area contributed by atoms with Crippen molar-refractivity contribution in [3.63, 3.8) is 0 Å². The molecule has 2 rings (SSSR count). The molecule has 2 aromatic carbocycles. The van der Waals surface area contributed by atoms with Crippen molar-refractivity contribution in [2.45, 2.75) is 13.3 Å². The van der Waals surface area contributed by atoms with Gasteiger partial charge in [0, 0.05) is 17.0 Å². The Morgan fingerprint density at radius 2 is 2.00 bits per heavy atom. The first-order valence-electron chi connectivity index (χ1n) is 7.61. The standard InChI is InChI=1S/C18H17ClFN3O3/c1-11(22-23-18(25)12-4-3-5-13(20)9-12)8-17(24)21-14-6-7-16(26-2)15(19)10-14/h3-7,9-10H,8H2,1-2H3,(H,21,24)(H,23,25)/b22-11+. The molecule has 0 saturated heterocycles. The van der Waals surface area contributed by atoms with E-state index in [-0.39, 0.29) is 17.9 Å². The number of halogens is 2. The minimum Gasteiger partial charge on any atom is -0.495 e. The van der Waals surface area contributed by atoms with E-state index in [0.29, 0.717) is 22.2 Å². The summed E-state index contributed by atoms with van der Waals surface area (Å²) in [5.41, 5.74) is 3.31. The van der Waals surface area contributed by atoms with Crippen LogP contribution in [-0.2, 0) is 4.79 Å². The Kier molecular flexibility index (Phi) is 6.68. The van der Waals surface area contributed by atoms with Gasteiger partial charge in [0.2, 0.25) is 5.91 Å². The van der Waals surface area contributed by atoms with Crippen molar-refractivity contribution in [2.24, 2.45) is 5.10 Å². The van der Waals surface area contributed by atoms with Gasteiger partial charge < -0.3 is 10.1 Å². The Balaban J connectivity index is 1.90. The first-order valence-corrected chi connectivity index (χ1v) is 7.99. The number of anilines is 1. The maximum atomic E-state index is 13.1. The summed E-state index contributed by atoms with van der Waals surface area (Å²) in [6.07, 6.45) is -0.0346. The molecule has 0 bridgehead atoms. The first-order chi connectivity index (χ1) is 12.4. The lowest BCUT2D eigenvalue weighted by Crippen LogP contribution is -2.21. The molecule has 0 aliphatic heterocycles. The normalized spacial score (nSPS) is 11.0. The zero-order valence-corrected chi connectivity index (χ0v) is 14.9. The molecule has 0 atom stereocenters. The summed E-state index contributed by atoms with van der Waals surface area (Å²) >= 11 is 6.00. The maximum absolute atomic E-state index is 13.1. The topological polar surface area (TPSA) is 79.8 Å². The van der Waals surface area contributed by atoms with Crippen LogP contribution in [0.3, 0.4) is 0 Å². The van der Waals surface area contributed by atoms with Crippen molar-refractivity contribution in [3.05, 3.63) is 58.9 Å². The second kappa shape index (κ2) is 8.96. The third-order valence-corrected chi connectivity index (χ3v) is 3.58. The third-order valence-electron chi connectivity index (χ3n) is 3.29. The molecule has 2 aromatic rings. The van der Waals surface area contributed by atoms with Crippen LogP contribution in [0.4, 0.5) is 10.1 Å². The van der Waals surface area contributed by atoms with Gasteiger partial charge in [-0.3, -0.25) is 9.59 Å². The SMILES string of the molecule is COc1ccc(NC(=O)C/C(C)=N/NC(=O)c2cccc(F)c2)cc1Cl. The Hall–Kier alpha value is -2.93. The van der Waals surface area contributed by atoms with E-state index in [1.54, 1.807) is 25.1 Å². The van der Waals surface area contributed by atoms with Crippen LogP contribution in [0, 0.1) is 5.82 Å². The Morgan fingerprint density at radius 1 is 1.23 bits per heavy atom. The van der Waals surface area contributed by atoms with Crippen LogP contribution in [0.1, 0.15) is 23.7 Å². The van der Waals surface area contributed by atoms with Crippen molar-refractivity contribution >= 4 is 34.8 Å². The van der Waals surface area contributed by atoms with E-state index in [1.807, 2.05) is 0 Å². The van der Waals surface area contributed by atoms with Crippen molar-refractivity contribution in [1.82, 2.24) is 5.43 Å². The summed E-state index contributed by atoms with van der Waals surface area (Å²) < 4.78 is 18.1. The van der Waals surface area contributed by atoms with Crippen molar-refractivity contribution in [3.8, 4) is 5.75 Å². The first kappa shape index (κ1) is 19.4. The third kappa shape index (κ3) is 5.56. The molecule has 0 heterocycles. The number of hydrogen-bond acceptors (Lipinski definition) is 4. The molecule has 8 heteroatoms. The number of rotatable bonds is 6. The quantitative estimate of drug-likeness (QED) is 0.596. The molecule has 6 nitrogen and oxygen atoms in total. The van der Waals surface area contributed by atoms with Crippen molar-refractivity contribution in [1.29, 1.82) is 0 Å². The number of nitrogens with one attached hydrogen (secondary N) is 2. The Labute approximate surface area is 155 Å². The summed E-state index contributed by atoms with van der Waals surface area (Å²) in [5, 5.41) is 6.89. The average molecular weight is 378 g/mol. The lowest BCUT2D eigenvalue weighted by atomic mass is 10.2. The van der Waals surface area contributed by atoms with E-state index in [2.05, 4.69) is 15.8 Å². The molecule has 0 aromatic heterocycles. The molecule has 2 N–H and O–H groups in total. The van der Waals surface area contributed by atoms with Gasteiger partial charge >= 0.3 is 0 Å². The number of nitrogens with zero attached hydrogens (tertiary/aromatic N) is 1. The van der Waals surface area contributed by atoms with Crippen molar-refractivity contribution < 1.29 is 18.7 Å². The minimum absolute atomic E-state index is 0.0346. The molecule has 0 unspecified atom stereocenters. The second-order valence-corrected chi connectivity index (χ2v) is 5.78. The number of methoxy groups -OCH3 is 1. The lowest BCUT2D eigenvalue weighted by Gasteiger charge is -2.08. The predicted octanol–water partition coefficient (Wildman–Crippen LogP) is 3.62. The van der Waals surface area contributed by atoms with Crippen molar-refractivity contribution in [2.75, 3.05) is 12.4 Å². The fraction of sp³-hybridized carbons (Fsp3) is 0.167. The highest BCUT2D eigenvalue weighted by Crippen LogP contribution is 2.27. The van der Waals surface area contributed by atoms with Crippen LogP contribution in [-0.4, -0.2) is 24.6 Å². The summed E-state index contributed by atoms with van der Waals surface area (Å²) in [5.74, 6) is -0.906. The van der Waals surface area contributed by atoms with Gasteiger partial charge in [-0.15, -0.1) is 0 Å². The Bertz CT molecular complexity index is 855. The van der Waals surface area contributed by atoms with Gasteiger partial charge in [0.05, 0.1) is 18.6 Å². The smallest absolute Gasteiger partial charge is 0.271 e. The van der Waals surface area contributed by atoms with Gasteiger partial charge in [0.1, 0.15) is 11.6 Å².